The first-order valence-corrected chi connectivity index (χ1v) is 11.2. The number of piperidine rings is 1. The number of para-hydroxylation sites is 2. The molecule has 2 aromatic heterocycles. The molecular weight excluding hydrogens is 421 g/mol. The molecule has 4 aromatic rings. The van der Waals surface area contributed by atoms with Crippen molar-refractivity contribution in [2.24, 2.45) is 0 Å². The van der Waals surface area contributed by atoms with Gasteiger partial charge in [0.05, 0.1) is 17.6 Å². The number of ether oxygens (including phenoxy) is 2. The van der Waals surface area contributed by atoms with Gasteiger partial charge in [0.25, 0.3) is 6.01 Å². The van der Waals surface area contributed by atoms with E-state index in [2.05, 4.69) is 19.4 Å². The highest BCUT2D eigenvalue weighted by molar-refractivity contribution is 5.76. The van der Waals surface area contributed by atoms with Gasteiger partial charge < -0.3 is 9.47 Å². The van der Waals surface area contributed by atoms with Crippen LogP contribution in [0.1, 0.15) is 18.4 Å². The fourth-order valence-corrected chi connectivity index (χ4v) is 4.09. The Morgan fingerprint density at radius 2 is 1.70 bits per heavy atom. The maximum Gasteiger partial charge on any atom is 0.316 e. The number of benzene rings is 2. The van der Waals surface area contributed by atoms with Crippen molar-refractivity contribution in [1.29, 1.82) is 0 Å². The van der Waals surface area contributed by atoms with E-state index < -0.39 is 0 Å². The summed E-state index contributed by atoms with van der Waals surface area (Å²) in [5.74, 6) is -0.237. The van der Waals surface area contributed by atoms with Crippen LogP contribution in [0, 0.1) is 5.82 Å². The molecule has 0 atom stereocenters. The number of likely N-dealkylation sites (tertiary alicyclic amines) is 1. The van der Waals surface area contributed by atoms with Crippen LogP contribution in [0.4, 0.5) is 4.39 Å². The molecule has 1 fully saturated rings. The van der Waals surface area contributed by atoms with Gasteiger partial charge in [-0.25, -0.2) is 14.4 Å². The van der Waals surface area contributed by atoms with Gasteiger partial charge in [-0.3, -0.25) is 9.47 Å². The highest BCUT2D eigenvalue weighted by Crippen LogP contribution is 2.26. The lowest BCUT2D eigenvalue weighted by atomic mass is 10.1. The Kier molecular flexibility index (Phi) is 6.44. The van der Waals surface area contributed by atoms with Crippen molar-refractivity contribution in [3.63, 3.8) is 0 Å². The first-order chi connectivity index (χ1) is 16.2. The van der Waals surface area contributed by atoms with E-state index in [1.807, 2.05) is 24.3 Å². The average molecular weight is 448 g/mol. The minimum atomic E-state index is -0.237. The molecule has 0 spiro atoms. The second-order valence-corrected chi connectivity index (χ2v) is 8.13. The summed E-state index contributed by atoms with van der Waals surface area (Å²) >= 11 is 0. The molecule has 0 unspecified atom stereocenters. The quantitative estimate of drug-likeness (QED) is 0.408. The van der Waals surface area contributed by atoms with E-state index in [0.29, 0.717) is 25.2 Å². The van der Waals surface area contributed by atoms with Crippen molar-refractivity contribution in [1.82, 2.24) is 24.4 Å². The molecule has 7 nitrogen and oxygen atoms in total. The third-order valence-electron chi connectivity index (χ3n) is 5.86. The Balaban J connectivity index is 1.20. The smallest absolute Gasteiger partial charge is 0.316 e. The molecule has 0 saturated carbocycles. The molecule has 0 aliphatic carbocycles. The Bertz CT molecular complexity index is 1170. The van der Waals surface area contributed by atoms with Gasteiger partial charge in [-0.1, -0.05) is 24.3 Å². The lowest BCUT2D eigenvalue weighted by Crippen LogP contribution is -2.40. The van der Waals surface area contributed by atoms with Crippen LogP contribution in [0.3, 0.4) is 0 Å². The number of hydrogen-bond acceptors (Lipinski definition) is 6. The van der Waals surface area contributed by atoms with E-state index in [1.165, 1.54) is 12.1 Å². The Morgan fingerprint density at radius 3 is 2.48 bits per heavy atom. The van der Waals surface area contributed by atoms with Crippen LogP contribution in [0.2, 0.25) is 0 Å². The normalized spacial score (nSPS) is 15.1. The summed E-state index contributed by atoms with van der Waals surface area (Å²) < 4.78 is 27.4. The van der Waals surface area contributed by atoms with Crippen LogP contribution in [0.25, 0.3) is 11.0 Å². The minimum Gasteiger partial charge on any atom is -0.462 e. The van der Waals surface area contributed by atoms with Gasteiger partial charge in [0, 0.05) is 32.0 Å². The van der Waals surface area contributed by atoms with Gasteiger partial charge in [0.2, 0.25) is 0 Å². The summed E-state index contributed by atoms with van der Waals surface area (Å²) in [5, 5.41) is 0. The second kappa shape index (κ2) is 9.95. The van der Waals surface area contributed by atoms with Crippen LogP contribution in [0.5, 0.6) is 12.0 Å². The summed E-state index contributed by atoms with van der Waals surface area (Å²) in [5.41, 5.74) is 2.91. The van der Waals surface area contributed by atoms with E-state index in [0.717, 1.165) is 49.1 Å². The van der Waals surface area contributed by atoms with Crippen molar-refractivity contribution in [2.75, 3.05) is 26.2 Å². The molecule has 1 saturated heterocycles. The SMILES string of the molecule is Fc1ccc(Cn2c(OC3CCN(CCOc4ncccn4)CC3)nc3ccccc32)cc1. The van der Waals surface area contributed by atoms with Crippen molar-refractivity contribution in [2.45, 2.75) is 25.5 Å². The molecule has 0 N–H and O–H groups in total. The summed E-state index contributed by atoms with van der Waals surface area (Å²) in [7, 11) is 0. The van der Waals surface area contributed by atoms with Gasteiger partial charge in [0.15, 0.2) is 0 Å². The van der Waals surface area contributed by atoms with Gasteiger partial charge in [0.1, 0.15) is 18.5 Å². The standard InChI is InChI=1S/C25H26FN5O2/c26-20-8-6-19(7-9-20)18-31-23-5-2-1-4-22(23)29-25(31)33-21-10-14-30(15-11-21)16-17-32-24-27-12-3-13-28-24/h1-9,12-13,21H,10-11,14-18H2. The number of hydrogen-bond donors (Lipinski definition) is 0. The zero-order chi connectivity index (χ0) is 22.5. The van der Waals surface area contributed by atoms with Crippen molar-refractivity contribution in [3.05, 3.63) is 78.4 Å². The fourth-order valence-electron chi connectivity index (χ4n) is 4.09. The molecule has 33 heavy (non-hydrogen) atoms. The van der Waals surface area contributed by atoms with Crippen molar-refractivity contribution in [3.8, 4) is 12.0 Å². The van der Waals surface area contributed by atoms with Crippen LogP contribution in [-0.4, -0.2) is 56.8 Å². The van der Waals surface area contributed by atoms with E-state index in [1.54, 1.807) is 30.6 Å². The first kappa shape index (κ1) is 21.3. The molecular formula is C25H26FN5O2. The maximum atomic E-state index is 13.3. The number of imidazole rings is 1. The highest BCUT2D eigenvalue weighted by atomic mass is 19.1. The van der Waals surface area contributed by atoms with Crippen LogP contribution >= 0.6 is 0 Å². The van der Waals surface area contributed by atoms with Crippen LogP contribution in [-0.2, 0) is 6.54 Å². The molecule has 0 bridgehead atoms. The minimum absolute atomic E-state index is 0.100. The Hall–Kier alpha value is -3.52. The number of fused-ring (bicyclic) bond motifs is 1. The first-order valence-electron chi connectivity index (χ1n) is 11.2. The van der Waals surface area contributed by atoms with E-state index >= 15 is 0 Å². The van der Waals surface area contributed by atoms with Crippen LogP contribution < -0.4 is 9.47 Å². The number of aromatic nitrogens is 4. The zero-order valence-electron chi connectivity index (χ0n) is 18.3. The Morgan fingerprint density at radius 1 is 0.939 bits per heavy atom. The zero-order valence-corrected chi connectivity index (χ0v) is 18.3. The molecule has 5 rings (SSSR count). The number of nitrogens with zero attached hydrogens (tertiary/aromatic N) is 5. The van der Waals surface area contributed by atoms with Crippen molar-refractivity contribution < 1.29 is 13.9 Å². The molecule has 1 aliphatic heterocycles. The highest BCUT2D eigenvalue weighted by Gasteiger charge is 2.23. The van der Waals surface area contributed by atoms with Crippen LogP contribution in [0.15, 0.2) is 67.0 Å². The summed E-state index contributed by atoms with van der Waals surface area (Å²) in [4.78, 5) is 15.3. The predicted octanol–water partition coefficient (Wildman–Crippen LogP) is 3.94. The molecule has 8 heteroatoms. The van der Waals surface area contributed by atoms with Crippen molar-refractivity contribution >= 4 is 11.0 Å². The van der Waals surface area contributed by atoms with E-state index in [-0.39, 0.29) is 11.9 Å². The molecule has 170 valence electrons. The van der Waals surface area contributed by atoms with Gasteiger partial charge in [-0.2, -0.15) is 4.98 Å². The topological polar surface area (TPSA) is 65.3 Å². The number of rotatable bonds is 8. The molecule has 1 aliphatic rings. The lowest BCUT2D eigenvalue weighted by molar-refractivity contribution is 0.0817. The molecule has 0 amide bonds. The Labute approximate surface area is 191 Å². The van der Waals surface area contributed by atoms with Gasteiger partial charge in [-0.05, 0) is 48.7 Å². The third-order valence-corrected chi connectivity index (χ3v) is 5.86. The fraction of sp³-hybridized carbons (Fsp3) is 0.320. The number of halogens is 1. The monoisotopic (exact) mass is 447 g/mol. The largest absolute Gasteiger partial charge is 0.462 e. The van der Waals surface area contributed by atoms with E-state index in [9.17, 15) is 4.39 Å². The third kappa shape index (κ3) is 5.28. The predicted molar refractivity (Wildman–Crippen MR) is 123 cm³/mol. The lowest BCUT2D eigenvalue weighted by Gasteiger charge is -2.31. The van der Waals surface area contributed by atoms with Gasteiger partial charge >= 0.3 is 6.01 Å². The molecule has 2 aromatic carbocycles. The average Bonchev–Trinajstić information content (AvgIpc) is 3.19. The second-order valence-electron chi connectivity index (χ2n) is 8.13. The maximum absolute atomic E-state index is 13.3. The van der Waals surface area contributed by atoms with E-state index in [4.69, 9.17) is 14.5 Å². The summed E-state index contributed by atoms with van der Waals surface area (Å²) in [6.07, 6.45) is 5.29. The summed E-state index contributed by atoms with van der Waals surface area (Å²) in [6.45, 7) is 3.83. The molecule has 0 radical (unpaired) electrons. The van der Waals surface area contributed by atoms with Gasteiger partial charge in [-0.15, -0.1) is 0 Å². The molecule has 3 heterocycles. The summed E-state index contributed by atoms with van der Waals surface area (Å²) in [6, 6.07) is 17.4.